The highest BCUT2D eigenvalue weighted by Gasteiger charge is 2.41. The van der Waals surface area contributed by atoms with E-state index in [0.29, 0.717) is 0 Å². The number of hydrazine groups is 1. The number of halogens is 1. The first-order valence-corrected chi connectivity index (χ1v) is 14.2. The van der Waals surface area contributed by atoms with Crippen LogP contribution in [-0.4, -0.2) is 31.9 Å². The number of sulfonamides is 1. The smallest absolute Gasteiger partial charge is 0.280 e. The van der Waals surface area contributed by atoms with Crippen LogP contribution in [0.1, 0.15) is 16.7 Å². The Morgan fingerprint density at radius 3 is 1.85 bits per heavy atom. The zero-order chi connectivity index (χ0) is 28.0. The number of benzene rings is 4. The molecule has 0 aromatic heterocycles. The van der Waals surface area contributed by atoms with Crippen LogP contribution in [0.25, 0.3) is 0 Å². The minimum atomic E-state index is -4.00. The minimum absolute atomic E-state index is 0.00246. The number of carbonyl (C=O) groups is 2. The van der Waals surface area contributed by atoms with E-state index in [9.17, 15) is 23.1 Å². The number of anilines is 1. The second-order valence-electron chi connectivity index (χ2n) is 8.73. The molecule has 39 heavy (non-hydrogen) atoms. The minimum Gasteiger partial charge on any atom is -0.372 e. The Morgan fingerprint density at radius 2 is 1.33 bits per heavy atom. The quantitative estimate of drug-likeness (QED) is 0.261. The van der Waals surface area contributed by atoms with E-state index in [0.717, 1.165) is 15.0 Å². The van der Waals surface area contributed by atoms with Crippen molar-refractivity contribution in [2.24, 2.45) is 0 Å². The fourth-order valence-electron chi connectivity index (χ4n) is 3.87. The molecule has 4 aromatic rings. The van der Waals surface area contributed by atoms with Crippen LogP contribution < -0.4 is 15.2 Å². The predicted molar refractivity (Wildman–Crippen MR) is 152 cm³/mol. The number of rotatable bonds is 8. The Hall–Kier alpha value is -3.83. The molecule has 0 bridgehead atoms. The first-order chi connectivity index (χ1) is 18.6. The predicted octanol–water partition coefficient (Wildman–Crippen LogP) is 4.04. The lowest BCUT2D eigenvalue weighted by Crippen LogP contribution is -2.56. The van der Waals surface area contributed by atoms with Gasteiger partial charge in [0.25, 0.3) is 11.8 Å². The van der Waals surface area contributed by atoms with E-state index < -0.39 is 34.0 Å². The van der Waals surface area contributed by atoms with Gasteiger partial charge in [-0.15, -0.1) is 0 Å². The molecule has 8 nitrogen and oxygen atoms in total. The molecular formula is C29H26BrN3O5S. The summed E-state index contributed by atoms with van der Waals surface area (Å²) in [6.07, 6.45) is 0. The summed E-state index contributed by atoms with van der Waals surface area (Å²) in [5, 5.41) is 12.7. The van der Waals surface area contributed by atoms with Crippen molar-refractivity contribution in [3.63, 3.8) is 0 Å². The highest BCUT2D eigenvalue weighted by atomic mass is 79.9. The number of hydrogen-bond donors (Lipinski definition) is 3. The summed E-state index contributed by atoms with van der Waals surface area (Å²) in [6.45, 7) is 1.18. The molecule has 4 aromatic carbocycles. The van der Waals surface area contributed by atoms with Gasteiger partial charge in [0.1, 0.15) is 0 Å². The monoisotopic (exact) mass is 607 g/mol. The largest absolute Gasteiger partial charge is 0.372 e. The van der Waals surface area contributed by atoms with E-state index >= 15 is 0 Å². The molecule has 0 aliphatic rings. The van der Waals surface area contributed by atoms with Crippen LogP contribution in [0.2, 0.25) is 0 Å². The van der Waals surface area contributed by atoms with Gasteiger partial charge in [0.15, 0.2) is 5.60 Å². The molecule has 4 rings (SSSR count). The third-order valence-corrected chi connectivity index (χ3v) is 7.95. The van der Waals surface area contributed by atoms with E-state index in [1.54, 1.807) is 97.1 Å². The Bertz CT molecular complexity index is 1510. The normalized spacial score (nSPS) is 11.6. The average Bonchev–Trinajstić information content (AvgIpc) is 2.96. The highest BCUT2D eigenvalue weighted by Crippen LogP contribution is 2.30. The van der Waals surface area contributed by atoms with Crippen LogP contribution in [0.4, 0.5) is 5.69 Å². The van der Waals surface area contributed by atoms with Crippen molar-refractivity contribution in [1.82, 2.24) is 10.1 Å². The number of nitrogens with one attached hydrogen (secondary N) is 2. The summed E-state index contributed by atoms with van der Waals surface area (Å²) in [6, 6.07) is 29.3. The number of amides is 2. The van der Waals surface area contributed by atoms with Gasteiger partial charge < -0.3 is 5.11 Å². The number of aliphatic hydroxyl groups is 1. The highest BCUT2D eigenvalue weighted by molar-refractivity contribution is 9.10. The van der Waals surface area contributed by atoms with Crippen LogP contribution >= 0.6 is 15.9 Å². The number of hydrogen-bond acceptors (Lipinski definition) is 5. The Kier molecular flexibility index (Phi) is 8.61. The Morgan fingerprint density at radius 1 is 0.821 bits per heavy atom. The van der Waals surface area contributed by atoms with Gasteiger partial charge in [-0.3, -0.25) is 15.0 Å². The molecule has 0 spiro atoms. The molecule has 0 aliphatic heterocycles. The summed E-state index contributed by atoms with van der Waals surface area (Å²) in [5.74, 6) is -1.68. The fourth-order valence-corrected chi connectivity index (χ4v) is 5.11. The van der Waals surface area contributed by atoms with E-state index in [4.69, 9.17) is 0 Å². The lowest BCUT2D eigenvalue weighted by molar-refractivity contribution is -0.138. The van der Waals surface area contributed by atoms with Crippen molar-refractivity contribution < 1.29 is 23.1 Å². The van der Waals surface area contributed by atoms with Crippen molar-refractivity contribution in [2.45, 2.75) is 17.4 Å². The van der Waals surface area contributed by atoms with Gasteiger partial charge in [0.2, 0.25) is 10.0 Å². The molecule has 10 heteroatoms. The lowest BCUT2D eigenvalue weighted by Gasteiger charge is -2.32. The van der Waals surface area contributed by atoms with Crippen LogP contribution in [0.3, 0.4) is 0 Å². The van der Waals surface area contributed by atoms with Gasteiger partial charge in [-0.25, -0.2) is 18.1 Å². The van der Waals surface area contributed by atoms with Gasteiger partial charge >= 0.3 is 0 Å². The van der Waals surface area contributed by atoms with Crippen molar-refractivity contribution in [3.8, 4) is 0 Å². The number of carbonyl (C=O) groups excluding carboxylic acids is 2. The topological polar surface area (TPSA) is 116 Å². The molecule has 200 valence electrons. The molecule has 0 atom stereocenters. The van der Waals surface area contributed by atoms with Crippen molar-refractivity contribution in [1.29, 1.82) is 0 Å². The lowest BCUT2D eigenvalue weighted by atomic mass is 9.85. The van der Waals surface area contributed by atoms with Crippen molar-refractivity contribution >= 4 is 43.5 Å². The van der Waals surface area contributed by atoms with E-state index in [2.05, 4.69) is 26.1 Å². The first kappa shape index (κ1) is 28.2. The Labute approximate surface area is 235 Å². The summed E-state index contributed by atoms with van der Waals surface area (Å²) in [7, 11) is -4.00. The van der Waals surface area contributed by atoms with Crippen LogP contribution in [-0.2, 0) is 25.2 Å². The van der Waals surface area contributed by atoms with E-state index in [-0.39, 0.29) is 21.7 Å². The third-order valence-electron chi connectivity index (χ3n) is 6.00. The SMILES string of the molecule is Cc1ccc(S(=O)(=O)NCC(=O)N(NC(=O)C(O)(c2ccccc2)c2ccccc2)c2ccc(Br)cc2)cc1. The van der Waals surface area contributed by atoms with Crippen LogP contribution in [0.5, 0.6) is 0 Å². The summed E-state index contributed by atoms with van der Waals surface area (Å²) >= 11 is 3.34. The fraction of sp³-hybridized carbons (Fsp3) is 0.103. The van der Waals surface area contributed by atoms with Crippen LogP contribution in [0.15, 0.2) is 119 Å². The van der Waals surface area contributed by atoms with Crippen LogP contribution in [0, 0.1) is 6.92 Å². The summed E-state index contributed by atoms with van der Waals surface area (Å²) in [5.41, 5.74) is 2.09. The van der Waals surface area contributed by atoms with E-state index in [1.165, 1.54) is 12.1 Å². The molecule has 3 N–H and O–H groups in total. The maximum absolute atomic E-state index is 13.8. The zero-order valence-electron chi connectivity index (χ0n) is 20.9. The maximum Gasteiger partial charge on any atom is 0.280 e. The van der Waals surface area contributed by atoms with Gasteiger partial charge in [-0.1, -0.05) is 94.3 Å². The zero-order valence-corrected chi connectivity index (χ0v) is 23.3. The standard InChI is InChI=1S/C29H26BrN3O5S/c1-21-12-18-26(19-13-21)39(37,38)31-20-27(34)33(25-16-14-24(30)15-17-25)32-28(35)29(36,22-8-4-2-5-9-22)23-10-6-3-7-11-23/h2-19,31,36H,20H2,1H3,(H,32,35). The molecule has 0 radical (unpaired) electrons. The number of nitrogens with zero attached hydrogens (tertiary/aromatic N) is 1. The molecule has 0 heterocycles. The van der Waals surface area contributed by atoms with Crippen molar-refractivity contribution in [2.75, 3.05) is 11.6 Å². The van der Waals surface area contributed by atoms with Gasteiger partial charge in [-0.2, -0.15) is 0 Å². The second-order valence-corrected chi connectivity index (χ2v) is 11.4. The summed E-state index contributed by atoms with van der Waals surface area (Å²) < 4.78 is 28.6. The van der Waals surface area contributed by atoms with Gasteiger partial charge in [0, 0.05) is 4.47 Å². The molecule has 0 fully saturated rings. The first-order valence-electron chi connectivity index (χ1n) is 11.9. The molecule has 2 amide bonds. The molecule has 0 unspecified atom stereocenters. The summed E-state index contributed by atoms with van der Waals surface area (Å²) in [4.78, 5) is 27.2. The Balaban J connectivity index is 1.65. The van der Waals surface area contributed by atoms with Gasteiger partial charge in [0.05, 0.1) is 17.1 Å². The second kappa shape index (κ2) is 11.9. The molecule has 0 aliphatic carbocycles. The maximum atomic E-state index is 13.8. The van der Waals surface area contributed by atoms with Gasteiger partial charge in [-0.05, 0) is 54.4 Å². The molecule has 0 saturated heterocycles. The van der Waals surface area contributed by atoms with Crippen molar-refractivity contribution in [3.05, 3.63) is 130 Å². The average molecular weight is 609 g/mol. The number of aryl methyl sites for hydroxylation is 1. The molecule has 0 saturated carbocycles. The third kappa shape index (κ3) is 6.43. The van der Waals surface area contributed by atoms with E-state index in [1.807, 2.05) is 6.92 Å². The molecular weight excluding hydrogens is 582 g/mol.